The first-order valence-corrected chi connectivity index (χ1v) is 12.2. The van der Waals surface area contributed by atoms with E-state index in [2.05, 4.69) is 20.9 Å². The lowest BCUT2D eigenvalue weighted by molar-refractivity contribution is -0.134. The number of aromatic nitrogens is 3. The average molecular weight is 476 g/mol. The maximum Gasteiger partial charge on any atom is 0.310 e. The van der Waals surface area contributed by atoms with Crippen LogP contribution < -0.4 is 15.8 Å². The van der Waals surface area contributed by atoms with E-state index in [1.165, 1.54) is 0 Å². The van der Waals surface area contributed by atoms with Gasteiger partial charge in [0.1, 0.15) is 23.7 Å². The molecule has 4 aromatic rings. The van der Waals surface area contributed by atoms with Crippen LogP contribution in [-0.2, 0) is 29.2 Å². The minimum absolute atomic E-state index is 0.226. The Labute approximate surface area is 205 Å². The van der Waals surface area contributed by atoms with E-state index in [1.54, 1.807) is 13.0 Å². The predicted octanol–water partition coefficient (Wildman–Crippen LogP) is 4.59. The van der Waals surface area contributed by atoms with Crippen LogP contribution in [0.3, 0.4) is 0 Å². The molecule has 8 heteroatoms. The second-order valence-corrected chi connectivity index (χ2v) is 8.39. The number of para-hydroxylation sites is 1. The van der Waals surface area contributed by atoms with Gasteiger partial charge in [-0.1, -0.05) is 37.3 Å². The number of esters is 1. The van der Waals surface area contributed by atoms with Crippen molar-refractivity contribution in [2.45, 2.75) is 52.8 Å². The molecule has 184 valence electrons. The Morgan fingerprint density at radius 2 is 1.94 bits per heavy atom. The van der Waals surface area contributed by atoms with Gasteiger partial charge in [-0.25, -0.2) is 9.97 Å². The molecule has 0 aliphatic heterocycles. The summed E-state index contributed by atoms with van der Waals surface area (Å²) in [5, 5.41) is 4.53. The Balaban J connectivity index is 1.39. The number of anilines is 1. The van der Waals surface area contributed by atoms with Crippen LogP contribution in [0.25, 0.3) is 21.9 Å². The largest absolute Gasteiger partial charge is 0.427 e. The minimum Gasteiger partial charge on any atom is -0.427 e. The standard InChI is InChI=1S/C27H33N5O3/c1-3-24(33)35-20-11-9-10-19(16-20)17-29-14-7-8-15-32-23(18-34-4-2)31-25-26(32)21-12-5-6-13-22(21)30-27(25)28/h5-6,9-13,16,29H,3-4,7-8,14-15,17-18H2,1-2H3,(H2,28,30). The van der Waals surface area contributed by atoms with Gasteiger partial charge in [-0.15, -0.1) is 0 Å². The van der Waals surface area contributed by atoms with Crippen molar-refractivity contribution in [2.75, 3.05) is 18.9 Å². The Morgan fingerprint density at radius 3 is 2.77 bits per heavy atom. The van der Waals surface area contributed by atoms with Crippen LogP contribution >= 0.6 is 0 Å². The number of benzene rings is 2. The Morgan fingerprint density at radius 1 is 1.09 bits per heavy atom. The molecule has 4 rings (SSSR count). The number of pyridine rings is 1. The highest BCUT2D eigenvalue weighted by Crippen LogP contribution is 2.29. The van der Waals surface area contributed by atoms with Crippen molar-refractivity contribution in [2.24, 2.45) is 0 Å². The lowest BCUT2D eigenvalue weighted by atomic mass is 10.2. The first kappa shape index (κ1) is 24.6. The third-order valence-corrected chi connectivity index (χ3v) is 5.86. The number of hydrogen-bond donors (Lipinski definition) is 2. The number of nitrogen functional groups attached to an aromatic ring is 1. The highest BCUT2D eigenvalue weighted by Gasteiger charge is 2.17. The number of unbranched alkanes of at least 4 members (excludes halogenated alkanes) is 1. The molecular formula is C27H33N5O3. The van der Waals surface area contributed by atoms with Crippen LogP contribution in [0.15, 0.2) is 48.5 Å². The summed E-state index contributed by atoms with van der Waals surface area (Å²) in [6.07, 6.45) is 2.33. The van der Waals surface area contributed by atoms with E-state index < -0.39 is 0 Å². The number of fused-ring (bicyclic) bond motifs is 3. The molecule has 0 amide bonds. The monoisotopic (exact) mass is 475 g/mol. The normalized spacial score (nSPS) is 11.4. The zero-order chi connectivity index (χ0) is 24.6. The van der Waals surface area contributed by atoms with E-state index in [0.717, 1.165) is 59.3 Å². The van der Waals surface area contributed by atoms with Crippen molar-refractivity contribution < 1.29 is 14.3 Å². The fourth-order valence-electron chi connectivity index (χ4n) is 4.12. The topological polar surface area (TPSA) is 104 Å². The lowest BCUT2D eigenvalue weighted by Crippen LogP contribution is -2.16. The molecule has 2 aromatic heterocycles. The molecule has 0 saturated heterocycles. The summed E-state index contributed by atoms with van der Waals surface area (Å²) in [5.41, 5.74) is 9.98. The van der Waals surface area contributed by atoms with E-state index in [-0.39, 0.29) is 5.97 Å². The zero-order valence-electron chi connectivity index (χ0n) is 20.4. The summed E-state index contributed by atoms with van der Waals surface area (Å²) < 4.78 is 13.2. The van der Waals surface area contributed by atoms with Gasteiger partial charge < -0.3 is 25.1 Å². The third-order valence-electron chi connectivity index (χ3n) is 5.86. The first-order chi connectivity index (χ1) is 17.1. The fraction of sp³-hybridized carbons (Fsp3) is 0.370. The highest BCUT2D eigenvalue weighted by atomic mass is 16.5. The Kier molecular flexibility index (Phi) is 8.28. The van der Waals surface area contributed by atoms with Gasteiger partial charge in [0.25, 0.3) is 0 Å². The predicted molar refractivity (Wildman–Crippen MR) is 138 cm³/mol. The molecule has 2 heterocycles. The molecule has 0 bridgehead atoms. The van der Waals surface area contributed by atoms with Crippen LogP contribution in [0.2, 0.25) is 0 Å². The van der Waals surface area contributed by atoms with Gasteiger partial charge >= 0.3 is 5.97 Å². The highest BCUT2D eigenvalue weighted by molar-refractivity contribution is 6.06. The Bertz CT molecular complexity index is 1300. The number of carbonyl (C=O) groups is 1. The maximum atomic E-state index is 11.5. The number of aryl methyl sites for hydroxylation is 1. The number of rotatable bonds is 12. The molecule has 0 aliphatic rings. The molecule has 0 radical (unpaired) electrons. The summed E-state index contributed by atoms with van der Waals surface area (Å²) in [7, 11) is 0. The lowest BCUT2D eigenvalue weighted by Gasteiger charge is -2.11. The van der Waals surface area contributed by atoms with E-state index >= 15 is 0 Å². The second-order valence-electron chi connectivity index (χ2n) is 8.39. The van der Waals surface area contributed by atoms with Crippen LogP contribution in [0, 0.1) is 0 Å². The second kappa shape index (κ2) is 11.8. The van der Waals surface area contributed by atoms with Crippen molar-refractivity contribution in [3.63, 3.8) is 0 Å². The number of carbonyl (C=O) groups excluding carboxylic acids is 1. The third kappa shape index (κ3) is 5.96. The molecule has 0 fully saturated rings. The van der Waals surface area contributed by atoms with E-state index in [9.17, 15) is 4.79 Å². The van der Waals surface area contributed by atoms with Crippen molar-refractivity contribution in [1.82, 2.24) is 19.9 Å². The van der Waals surface area contributed by atoms with Gasteiger partial charge in [-0.2, -0.15) is 0 Å². The summed E-state index contributed by atoms with van der Waals surface area (Å²) in [6.45, 7) is 7.24. The van der Waals surface area contributed by atoms with Gasteiger partial charge in [0.05, 0.1) is 11.0 Å². The zero-order valence-corrected chi connectivity index (χ0v) is 20.4. The van der Waals surface area contributed by atoms with Gasteiger partial charge in [0, 0.05) is 31.5 Å². The molecule has 3 N–H and O–H groups in total. The summed E-state index contributed by atoms with van der Waals surface area (Å²) in [5.74, 6) is 1.68. The summed E-state index contributed by atoms with van der Waals surface area (Å²) >= 11 is 0. The van der Waals surface area contributed by atoms with Crippen molar-refractivity contribution in [3.05, 3.63) is 59.9 Å². The molecular weight excluding hydrogens is 442 g/mol. The quantitative estimate of drug-likeness (QED) is 0.175. The average Bonchev–Trinajstić information content (AvgIpc) is 3.24. The van der Waals surface area contributed by atoms with Crippen LogP contribution in [0.4, 0.5) is 5.82 Å². The molecule has 0 atom stereocenters. The van der Waals surface area contributed by atoms with Gasteiger partial charge in [-0.3, -0.25) is 4.79 Å². The smallest absolute Gasteiger partial charge is 0.310 e. The molecule has 0 saturated carbocycles. The number of ether oxygens (including phenoxy) is 2. The number of imidazole rings is 1. The van der Waals surface area contributed by atoms with Gasteiger partial charge in [0.15, 0.2) is 5.82 Å². The van der Waals surface area contributed by atoms with Crippen molar-refractivity contribution in [1.29, 1.82) is 0 Å². The van der Waals surface area contributed by atoms with Crippen molar-refractivity contribution >= 4 is 33.7 Å². The number of hydrogen-bond acceptors (Lipinski definition) is 7. The molecule has 0 spiro atoms. The molecule has 0 unspecified atom stereocenters. The first-order valence-electron chi connectivity index (χ1n) is 12.2. The molecule has 35 heavy (non-hydrogen) atoms. The van der Waals surface area contributed by atoms with Crippen LogP contribution in [0.1, 0.15) is 44.5 Å². The van der Waals surface area contributed by atoms with E-state index in [4.69, 9.17) is 20.2 Å². The van der Waals surface area contributed by atoms with Gasteiger partial charge in [-0.05, 0) is 50.1 Å². The summed E-state index contributed by atoms with van der Waals surface area (Å²) in [4.78, 5) is 20.8. The molecule has 8 nitrogen and oxygen atoms in total. The maximum absolute atomic E-state index is 11.5. The SMILES string of the molecule is CCOCc1nc2c(N)nc3ccccc3c2n1CCCCNCc1cccc(OC(=O)CC)c1. The van der Waals surface area contributed by atoms with E-state index in [0.29, 0.717) is 37.7 Å². The molecule has 0 aliphatic carbocycles. The van der Waals surface area contributed by atoms with Gasteiger partial charge in [0.2, 0.25) is 0 Å². The number of nitrogens with one attached hydrogen (secondary N) is 1. The van der Waals surface area contributed by atoms with Crippen molar-refractivity contribution in [3.8, 4) is 5.75 Å². The van der Waals surface area contributed by atoms with E-state index in [1.807, 2.05) is 43.3 Å². The number of nitrogens with two attached hydrogens (primary N) is 1. The summed E-state index contributed by atoms with van der Waals surface area (Å²) in [6, 6.07) is 15.7. The minimum atomic E-state index is -0.226. The number of nitrogens with zero attached hydrogens (tertiary/aromatic N) is 3. The Hall–Kier alpha value is -3.49. The van der Waals surface area contributed by atoms with Crippen LogP contribution in [0.5, 0.6) is 5.75 Å². The molecule has 2 aromatic carbocycles. The van der Waals surface area contributed by atoms with Crippen LogP contribution in [-0.4, -0.2) is 33.7 Å². The fourth-order valence-corrected chi connectivity index (χ4v) is 4.12.